The molecule has 3 rings (SSSR count). The highest BCUT2D eigenvalue weighted by molar-refractivity contribution is 7.92. The number of methoxy groups -OCH3 is 1. The van der Waals surface area contributed by atoms with Gasteiger partial charge in [0.25, 0.3) is 27.2 Å². The molecule has 1 aromatic heterocycles. The van der Waals surface area contributed by atoms with Crippen molar-refractivity contribution in [3.8, 4) is 5.75 Å². The Hall–Kier alpha value is -4.70. The number of nitrogens with one attached hydrogen (secondary N) is 2. The molecule has 2 aromatic carbocycles. The monoisotopic (exact) mass is 581 g/mol. The number of nitrogens with zero attached hydrogens (tertiary/aromatic N) is 3. The molecule has 0 fully saturated rings. The van der Waals surface area contributed by atoms with Crippen molar-refractivity contribution in [1.82, 2.24) is 9.13 Å². The van der Waals surface area contributed by atoms with E-state index in [1.165, 1.54) is 27.3 Å². The van der Waals surface area contributed by atoms with Crippen molar-refractivity contribution in [2.24, 2.45) is 14.1 Å². The zero-order chi connectivity index (χ0) is 29.1. The standard InChI is InChI=1S/C22H20ClN5O10S/c1-26-18(10-20(30)27(2)22(26)32)24-19(29)11-38-21(31)14-9-13(5-6-15(14)23)39(35,36)25-16-8-12(28(33)34)4-7-17(16)37-3/h4-10,25H,11H2,1-3H3,(H,24,29). The molecule has 0 saturated heterocycles. The molecule has 0 atom stereocenters. The van der Waals surface area contributed by atoms with Gasteiger partial charge in [-0.05, 0) is 24.3 Å². The van der Waals surface area contributed by atoms with E-state index in [9.17, 15) is 37.7 Å². The van der Waals surface area contributed by atoms with Crippen LogP contribution in [0.3, 0.4) is 0 Å². The molecule has 0 saturated carbocycles. The van der Waals surface area contributed by atoms with Crippen LogP contribution in [-0.2, 0) is 33.7 Å². The summed E-state index contributed by atoms with van der Waals surface area (Å²) in [7, 11) is -0.606. The number of aromatic nitrogens is 2. The third-order valence-electron chi connectivity index (χ3n) is 5.23. The molecular formula is C22H20ClN5O10S. The summed E-state index contributed by atoms with van der Waals surface area (Å²) >= 11 is 6.03. The summed E-state index contributed by atoms with van der Waals surface area (Å²) in [6, 6.07) is 7.35. The molecule has 0 aliphatic carbocycles. The summed E-state index contributed by atoms with van der Waals surface area (Å²) in [5.41, 5.74) is -2.41. The summed E-state index contributed by atoms with van der Waals surface area (Å²) in [6.07, 6.45) is 0. The number of nitro groups is 1. The van der Waals surface area contributed by atoms with Crippen molar-refractivity contribution in [2.75, 3.05) is 23.8 Å². The average Bonchev–Trinajstić information content (AvgIpc) is 2.88. The molecular weight excluding hydrogens is 562 g/mol. The highest BCUT2D eigenvalue weighted by Crippen LogP contribution is 2.31. The molecule has 0 radical (unpaired) electrons. The number of halogens is 1. The highest BCUT2D eigenvalue weighted by Gasteiger charge is 2.23. The maximum Gasteiger partial charge on any atom is 0.340 e. The van der Waals surface area contributed by atoms with Gasteiger partial charge in [-0.15, -0.1) is 0 Å². The zero-order valence-electron chi connectivity index (χ0n) is 20.5. The Morgan fingerprint density at radius 3 is 2.41 bits per heavy atom. The fourth-order valence-corrected chi connectivity index (χ4v) is 4.44. The van der Waals surface area contributed by atoms with Gasteiger partial charge in [-0.1, -0.05) is 11.6 Å². The van der Waals surface area contributed by atoms with Gasteiger partial charge in [-0.2, -0.15) is 0 Å². The van der Waals surface area contributed by atoms with Crippen LogP contribution in [0.4, 0.5) is 17.2 Å². The topological polar surface area (TPSA) is 198 Å². The van der Waals surface area contributed by atoms with Crippen LogP contribution in [0.2, 0.25) is 5.02 Å². The fraction of sp³-hybridized carbons (Fsp3) is 0.182. The Morgan fingerprint density at radius 1 is 1.08 bits per heavy atom. The van der Waals surface area contributed by atoms with Crippen molar-refractivity contribution >= 4 is 50.7 Å². The van der Waals surface area contributed by atoms with E-state index < -0.39 is 60.8 Å². The minimum absolute atomic E-state index is 0.00226. The Balaban J connectivity index is 1.79. The third kappa shape index (κ3) is 6.42. The predicted octanol–water partition coefficient (Wildman–Crippen LogP) is 1.25. The van der Waals surface area contributed by atoms with Gasteiger partial charge in [0.05, 0.1) is 33.2 Å². The largest absolute Gasteiger partial charge is 0.495 e. The van der Waals surface area contributed by atoms with Crippen LogP contribution in [0.25, 0.3) is 0 Å². The lowest BCUT2D eigenvalue weighted by atomic mass is 10.2. The number of benzene rings is 2. The smallest absolute Gasteiger partial charge is 0.340 e. The van der Waals surface area contributed by atoms with E-state index in [1.807, 2.05) is 0 Å². The molecule has 0 aliphatic heterocycles. The Labute approximate surface area is 224 Å². The van der Waals surface area contributed by atoms with Crippen LogP contribution in [0, 0.1) is 10.1 Å². The molecule has 1 amide bonds. The quantitative estimate of drug-likeness (QED) is 0.210. The first-order valence-electron chi connectivity index (χ1n) is 10.6. The van der Waals surface area contributed by atoms with E-state index >= 15 is 0 Å². The molecule has 1 heterocycles. The second-order valence-electron chi connectivity index (χ2n) is 7.78. The van der Waals surface area contributed by atoms with Crippen LogP contribution in [0.15, 0.2) is 56.9 Å². The van der Waals surface area contributed by atoms with Gasteiger partial charge in [0.1, 0.15) is 11.6 Å². The lowest BCUT2D eigenvalue weighted by molar-refractivity contribution is -0.384. The van der Waals surface area contributed by atoms with Crippen LogP contribution in [0.1, 0.15) is 10.4 Å². The molecule has 2 N–H and O–H groups in total. The number of hydrogen-bond acceptors (Lipinski definition) is 10. The molecule has 17 heteroatoms. The third-order valence-corrected chi connectivity index (χ3v) is 6.93. The molecule has 3 aromatic rings. The van der Waals surface area contributed by atoms with Gasteiger partial charge in [0.15, 0.2) is 6.61 Å². The molecule has 0 bridgehead atoms. The van der Waals surface area contributed by atoms with E-state index in [0.717, 1.165) is 45.5 Å². The van der Waals surface area contributed by atoms with Crippen molar-refractivity contribution < 1.29 is 32.4 Å². The Bertz CT molecular complexity index is 1720. The van der Waals surface area contributed by atoms with Gasteiger partial charge >= 0.3 is 11.7 Å². The maximum atomic E-state index is 13.0. The SMILES string of the molecule is COc1ccc([N+](=O)[O-])cc1NS(=O)(=O)c1ccc(Cl)c(C(=O)OCC(=O)Nc2cc(=O)n(C)c(=O)n2C)c1. The zero-order valence-corrected chi connectivity index (χ0v) is 22.0. The number of nitro benzene ring substituents is 1. The lowest BCUT2D eigenvalue weighted by Crippen LogP contribution is -2.38. The minimum Gasteiger partial charge on any atom is -0.495 e. The first-order valence-corrected chi connectivity index (χ1v) is 12.5. The van der Waals surface area contributed by atoms with Gasteiger partial charge < -0.3 is 14.8 Å². The summed E-state index contributed by atoms with van der Waals surface area (Å²) in [5, 5.41) is 13.1. The summed E-state index contributed by atoms with van der Waals surface area (Å²) in [6.45, 7) is -0.862. The van der Waals surface area contributed by atoms with Crippen molar-refractivity contribution in [2.45, 2.75) is 4.90 Å². The summed E-state index contributed by atoms with van der Waals surface area (Å²) in [4.78, 5) is 58.5. The maximum absolute atomic E-state index is 13.0. The van der Waals surface area contributed by atoms with Crippen LogP contribution in [-0.4, -0.2) is 48.1 Å². The molecule has 15 nitrogen and oxygen atoms in total. The van der Waals surface area contributed by atoms with Crippen molar-refractivity contribution in [3.63, 3.8) is 0 Å². The number of non-ortho nitro benzene ring substituents is 1. The normalized spacial score (nSPS) is 11.0. The number of anilines is 2. The fourth-order valence-electron chi connectivity index (χ4n) is 3.16. The Kier molecular flexibility index (Phi) is 8.41. The first kappa shape index (κ1) is 28.9. The predicted molar refractivity (Wildman–Crippen MR) is 138 cm³/mol. The number of carbonyl (C=O) groups excluding carboxylic acids is 2. The summed E-state index contributed by atoms with van der Waals surface area (Å²) < 4.78 is 39.9. The highest BCUT2D eigenvalue weighted by atomic mass is 35.5. The average molecular weight is 582 g/mol. The molecule has 0 unspecified atom stereocenters. The minimum atomic E-state index is -4.41. The van der Waals surface area contributed by atoms with Crippen molar-refractivity contribution in [1.29, 1.82) is 0 Å². The number of hydrogen-bond donors (Lipinski definition) is 2. The van der Waals surface area contributed by atoms with Gasteiger partial charge in [0, 0.05) is 32.3 Å². The first-order chi connectivity index (χ1) is 18.2. The van der Waals surface area contributed by atoms with E-state index in [4.69, 9.17) is 21.1 Å². The lowest BCUT2D eigenvalue weighted by Gasteiger charge is -2.13. The Morgan fingerprint density at radius 2 is 1.77 bits per heavy atom. The van der Waals surface area contributed by atoms with Crippen molar-refractivity contribution in [3.05, 3.63) is 84.0 Å². The molecule has 0 aliphatic rings. The van der Waals surface area contributed by atoms with Gasteiger partial charge in [0.2, 0.25) is 0 Å². The van der Waals surface area contributed by atoms with Crippen LogP contribution < -0.4 is 26.0 Å². The molecule has 0 spiro atoms. The van der Waals surface area contributed by atoms with Gasteiger partial charge in [-0.3, -0.25) is 33.6 Å². The number of rotatable bonds is 9. The van der Waals surface area contributed by atoms with Crippen LogP contribution >= 0.6 is 11.6 Å². The number of carbonyl (C=O) groups is 2. The number of amides is 1. The number of ether oxygens (including phenoxy) is 2. The second-order valence-corrected chi connectivity index (χ2v) is 9.87. The number of sulfonamides is 1. The van der Waals surface area contributed by atoms with Gasteiger partial charge in [-0.25, -0.2) is 18.0 Å². The molecule has 39 heavy (non-hydrogen) atoms. The van der Waals surface area contributed by atoms with Crippen LogP contribution in [0.5, 0.6) is 5.75 Å². The number of esters is 1. The van der Waals surface area contributed by atoms with E-state index in [1.54, 1.807) is 0 Å². The summed E-state index contributed by atoms with van der Waals surface area (Å²) in [5.74, 6) is -2.19. The van der Waals surface area contributed by atoms with E-state index in [-0.39, 0.29) is 22.3 Å². The van der Waals surface area contributed by atoms with E-state index in [0.29, 0.717) is 0 Å². The molecule has 206 valence electrons. The second kappa shape index (κ2) is 11.4. The van der Waals surface area contributed by atoms with E-state index in [2.05, 4.69) is 10.0 Å².